The van der Waals surface area contributed by atoms with Gasteiger partial charge < -0.3 is 15.3 Å². The first kappa shape index (κ1) is 46.6. The Bertz CT molecular complexity index is 1410. The number of allylic oxidation sites excluding steroid dienone is 4. The Kier molecular flexibility index (Phi) is 21.1. The SMILES string of the molecule is CCc1cccc(CC)c1N=C(C)/C=C(/C)[N-][C@H]1CCCC[C@@H]1N=C(C)/C=C(/C)[N-]c1c(CC)cccc1CC.C[Si](C)(C)[N-][Si](C)(C)C.[Nd+3]. The molecule has 1 radical (unpaired) electrons. The Morgan fingerprint density at radius 3 is 1.60 bits per heavy atom. The molecule has 5 nitrogen and oxygen atoms in total. The molecule has 3 rings (SSSR count). The first-order chi connectivity index (χ1) is 23.0. The molecule has 0 N–H and O–H groups in total. The van der Waals surface area contributed by atoms with Crippen LogP contribution < -0.4 is 0 Å². The fourth-order valence-corrected chi connectivity index (χ4v) is 14.8. The van der Waals surface area contributed by atoms with Crippen LogP contribution in [0.25, 0.3) is 15.3 Å². The molecule has 0 unspecified atom stereocenters. The van der Waals surface area contributed by atoms with Crippen LogP contribution in [0.15, 0.2) is 69.9 Å². The first-order valence-corrected chi connectivity index (χ1v) is 25.7. The van der Waals surface area contributed by atoms with Gasteiger partial charge in [-0.1, -0.05) is 182 Å². The second kappa shape index (κ2) is 22.6. The Labute approximate surface area is 342 Å². The molecule has 2 atom stereocenters. The zero-order chi connectivity index (χ0) is 36.8. The van der Waals surface area contributed by atoms with Gasteiger partial charge in [0, 0.05) is 17.5 Å². The average Bonchev–Trinajstić information content (AvgIpc) is 3.00. The van der Waals surface area contributed by atoms with Crippen LogP contribution in [-0.2, 0) is 25.7 Å². The Balaban J connectivity index is 0.00000110. The topological polar surface area (TPSA) is 67.0 Å². The summed E-state index contributed by atoms with van der Waals surface area (Å²) in [6.45, 7) is 31.0. The van der Waals surface area contributed by atoms with Crippen molar-refractivity contribution in [3.8, 4) is 0 Å². The van der Waals surface area contributed by atoms with E-state index in [1.54, 1.807) is 0 Å². The molecule has 2 aromatic rings. The van der Waals surface area contributed by atoms with Crippen molar-refractivity contribution < 1.29 is 40.8 Å². The van der Waals surface area contributed by atoms with E-state index < -0.39 is 16.5 Å². The molecule has 0 bridgehead atoms. The van der Waals surface area contributed by atoms with E-state index in [9.17, 15) is 0 Å². The van der Waals surface area contributed by atoms with E-state index in [4.69, 9.17) is 25.3 Å². The minimum atomic E-state index is -1.11. The van der Waals surface area contributed by atoms with E-state index >= 15 is 0 Å². The standard InChI is InChI=1S/C36H50N4.C6H18NSi2.Nd/c1-9-29-17-15-18-30(10-2)35(29)39-27(7)23-25(5)37-33-21-13-14-22-34(33)38-26(6)24-28(8)40-36-31(11-3)19-16-20-32(36)12-4;1-8(2,3)7-9(4,5)6;/h15-20,23-24,33-34H,9-14,21-22H2,1-8H3;1-6H3;/q-2;-1;+3/b25-23-,28-24-,38-26?,39-27?;;/t33-,34-;;/m0../s1. The minimum Gasteiger partial charge on any atom is -0.684 e. The van der Waals surface area contributed by atoms with Crippen molar-refractivity contribution >= 4 is 39.3 Å². The maximum atomic E-state index is 5.16. The number of hydrogen-bond acceptors (Lipinski definition) is 2. The maximum Gasteiger partial charge on any atom is 3.00 e. The largest absolute Gasteiger partial charge is 3.00 e. The van der Waals surface area contributed by atoms with Crippen LogP contribution in [-0.4, -0.2) is 40.0 Å². The molecular weight excluding hydrogens is 775 g/mol. The van der Waals surface area contributed by atoms with Crippen LogP contribution in [0.5, 0.6) is 0 Å². The molecular formula is C42H68N5NdSi2. The van der Waals surface area contributed by atoms with Gasteiger partial charge in [0.05, 0.1) is 5.69 Å². The van der Waals surface area contributed by atoms with Gasteiger partial charge in [0.15, 0.2) is 0 Å². The van der Waals surface area contributed by atoms with Crippen LogP contribution >= 0.6 is 0 Å². The molecule has 1 fully saturated rings. The number of aliphatic imine (C=N–C) groups is 2. The zero-order valence-electron chi connectivity index (χ0n) is 34.2. The van der Waals surface area contributed by atoms with Gasteiger partial charge in [-0.25, -0.2) is 0 Å². The summed E-state index contributed by atoms with van der Waals surface area (Å²) in [7, 11) is -2.21. The van der Waals surface area contributed by atoms with Crippen LogP contribution in [0.4, 0.5) is 11.4 Å². The molecule has 50 heavy (non-hydrogen) atoms. The number of benzene rings is 2. The predicted molar refractivity (Wildman–Crippen MR) is 226 cm³/mol. The van der Waals surface area contributed by atoms with Crippen molar-refractivity contribution in [1.29, 1.82) is 0 Å². The van der Waals surface area contributed by atoms with Crippen molar-refractivity contribution in [2.24, 2.45) is 9.98 Å². The summed E-state index contributed by atoms with van der Waals surface area (Å²) in [6.07, 6.45) is 12.8. The number of rotatable bonds is 14. The fourth-order valence-electron chi connectivity index (χ4n) is 6.74. The molecule has 8 heteroatoms. The second-order valence-electron chi connectivity index (χ2n) is 15.5. The van der Waals surface area contributed by atoms with Crippen LogP contribution in [0.1, 0.15) is 103 Å². The monoisotopic (exact) mass is 840 g/mol. The average molecular weight is 843 g/mol. The summed E-state index contributed by atoms with van der Waals surface area (Å²) in [5.41, 5.74) is 11.5. The fraction of sp³-hybridized carbons (Fsp3) is 0.571. The van der Waals surface area contributed by atoms with Gasteiger partial charge in [0.25, 0.3) is 0 Å². The third kappa shape index (κ3) is 17.0. The van der Waals surface area contributed by atoms with Gasteiger partial charge in [0.1, 0.15) is 0 Å². The summed E-state index contributed by atoms with van der Waals surface area (Å²) in [5, 5.41) is 10.2. The normalized spacial score (nSPS) is 17.8. The van der Waals surface area contributed by atoms with E-state index in [-0.39, 0.29) is 52.9 Å². The summed E-state index contributed by atoms with van der Waals surface area (Å²) in [6, 6.07) is 13.5. The molecule has 0 aromatic heterocycles. The van der Waals surface area contributed by atoms with E-state index in [0.29, 0.717) is 0 Å². The Morgan fingerprint density at radius 1 is 0.680 bits per heavy atom. The van der Waals surface area contributed by atoms with Gasteiger partial charge in [-0.3, -0.25) is 9.98 Å². The molecule has 0 aliphatic heterocycles. The summed E-state index contributed by atoms with van der Waals surface area (Å²) >= 11 is 0. The summed E-state index contributed by atoms with van der Waals surface area (Å²) in [5.74, 6) is 0. The number of hydrogen-bond donors (Lipinski definition) is 0. The summed E-state index contributed by atoms with van der Waals surface area (Å²) < 4.78 is 4.82. The number of para-hydroxylation sites is 2. The third-order valence-corrected chi connectivity index (χ3v) is 13.8. The Hall–Kier alpha value is -1.40. The maximum absolute atomic E-state index is 5.16. The van der Waals surface area contributed by atoms with Gasteiger partial charge in [-0.15, -0.1) is 5.69 Å². The summed E-state index contributed by atoms with van der Waals surface area (Å²) in [4.78, 5) is 10.2. The van der Waals surface area contributed by atoms with Crippen molar-refractivity contribution in [2.45, 2.75) is 158 Å². The Morgan fingerprint density at radius 2 is 1.14 bits per heavy atom. The van der Waals surface area contributed by atoms with Gasteiger partial charge in [-0.05, 0) is 57.1 Å². The van der Waals surface area contributed by atoms with Gasteiger partial charge in [0.2, 0.25) is 0 Å². The van der Waals surface area contributed by atoms with E-state index in [1.807, 2.05) is 0 Å². The van der Waals surface area contributed by atoms with Gasteiger partial charge in [-0.2, -0.15) is 11.4 Å². The minimum absolute atomic E-state index is 0. The van der Waals surface area contributed by atoms with Crippen molar-refractivity contribution in [2.75, 3.05) is 0 Å². The molecule has 0 amide bonds. The molecule has 0 heterocycles. The van der Waals surface area contributed by atoms with E-state index in [0.717, 1.165) is 72.7 Å². The van der Waals surface area contributed by atoms with Crippen LogP contribution in [0, 0.1) is 40.8 Å². The van der Waals surface area contributed by atoms with Crippen molar-refractivity contribution in [3.63, 3.8) is 0 Å². The van der Waals surface area contributed by atoms with Crippen molar-refractivity contribution in [1.82, 2.24) is 0 Å². The van der Waals surface area contributed by atoms with E-state index in [1.165, 1.54) is 35.1 Å². The quantitative estimate of drug-likeness (QED) is 0.134. The first-order valence-electron chi connectivity index (χ1n) is 18.8. The number of nitrogens with zero attached hydrogens (tertiary/aromatic N) is 5. The third-order valence-electron chi connectivity index (χ3n) is 8.45. The van der Waals surface area contributed by atoms with Crippen molar-refractivity contribution in [3.05, 3.63) is 97.5 Å². The van der Waals surface area contributed by atoms with Crippen LogP contribution in [0.2, 0.25) is 39.3 Å². The molecule has 0 saturated heterocycles. The van der Waals surface area contributed by atoms with E-state index in [2.05, 4.69) is 143 Å². The smallest absolute Gasteiger partial charge is 0.684 e. The van der Waals surface area contributed by atoms with Crippen LogP contribution in [0.3, 0.4) is 0 Å². The van der Waals surface area contributed by atoms with Gasteiger partial charge >= 0.3 is 40.8 Å². The second-order valence-corrected chi connectivity index (χ2v) is 25.1. The molecule has 273 valence electrons. The molecule has 1 aliphatic rings. The predicted octanol–water partition coefficient (Wildman–Crippen LogP) is 13.7. The number of aryl methyl sites for hydroxylation is 4. The molecule has 1 saturated carbocycles. The molecule has 0 spiro atoms. The molecule has 1 aliphatic carbocycles. The zero-order valence-corrected chi connectivity index (χ0v) is 39.4. The molecule has 2 aromatic carbocycles.